The second kappa shape index (κ2) is 5.73. The summed E-state index contributed by atoms with van der Waals surface area (Å²) in [4.78, 5) is 4.22. The number of benzene rings is 1. The Morgan fingerprint density at radius 3 is 2.28 bits per heavy atom. The van der Waals surface area contributed by atoms with E-state index in [1.54, 1.807) is 18.3 Å². The highest BCUT2D eigenvalue weighted by atomic mass is 16.4. The summed E-state index contributed by atoms with van der Waals surface area (Å²) in [6.45, 7) is -0.469. The van der Waals surface area contributed by atoms with Crippen LogP contribution in [0.3, 0.4) is 0 Å². The van der Waals surface area contributed by atoms with Crippen LogP contribution in [0.5, 0.6) is 0 Å². The number of aliphatic hydroxyl groups excluding tert-OH is 3. The molecule has 2 atom stereocenters. The molecule has 0 spiro atoms. The number of hydrogen-bond acceptors (Lipinski definition) is 4. The fourth-order valence-corrected chi connectivity index (χ4v) is 1.71. The summed E-state index contributed by atoms with van der Waals surface area (Å²) in [7, 11) is 0. The molecule has 3 N–H and O–H groups in total. The molecule has 0 radical (unpaired) electrons. The van der Waals surface area contributed by atoms with Crippen molar-refractivity contribution in [2.45, 2.75) is 12.2 Å². The van der Waals surface area contributed by atoms with Crippen molar-refractivity contribution in [2.75, 3.05) is 6.61 Å². The van der Waals surface area contributed by atoms with E-state index >= 15 is 0 Å². The molecule has 0 aliphatic heterocycles. The van der Waals surface area contributed by atoms with Crippen LogP contribution < -0.4 is 0 Å². The maximum atomic E-state index is 9.72. The topological polar surface area (TPSA) is 73.6 Å². The Bertz CT molecular complexity index is 484. The number of hydrogen-bond donors (Lipinski definition) is 3. The Morgan fingerprint density at radius 2 is 1.72 bits per heavy atom. The van der Waals surface area contributed by atoms with Crippen LogP contribution in [0.4, 0.5) is 0 Å². The van der Waals surface area contributed by atoms with Gasteiger partial charge in [0.25, 0.3) is 0 Å². The fourth-order valence-electron chi connectivity index (χ4n) is 1.71. The molecule has 0 fully saturated rings. The summed E-state index contributed by atoms with van der Waals surface area (Å²) in [6, 6.07) is 12.7. The predicted octanol–water partition coefficient (Wildman–Crippen LogP) is 1.14. The van der Waals surface area contributed by atoms with Crippen LogP contribution in [0, 0.1) is 0 Å². The zero-order valence-electron chi connectivity index (χ0n) is 9.77. The van der Waals surface area contributed by atoms with Gasteiger partial charge in [0, 0.05) is 11.8 Å². The van der Waals surface area contributed by atoms with E-state index in [4.69, 9.17) is 5.11 Å². The van der Waals surface area contributed by atoms with Crippen molar-refractivity contribution in [2.24, 2.45) is 0 Å². The highest BCUT2D eigenvalue weighted by Gasteiger charge is 2.17. The summed E-state index contributed by atoms with van der Waals surface area (Å²) >= 11 is 0. The van der Waals surface area contributed by atoms with E-state index < -0.39 is 18.8 Å². The van der Waals surface area contributed by atoms with E-state index in [0.717, 1.165) is 11.3 Å². The molecule has 1 heterocycles. The molecule has 1 aromatic heterocycles. The molecule has 18 heavy (non-hydrogen) atoms. The van der Waals surface area contributed by atoms with Crippen LogP contribution in [0.2, 0.25) is 0 Å². The Balaban J connectivity index is 2.20. The molecule has 0 aliphatic carbocycles. The lowest BCUT2D eigenvalue weighted by Crippen LogP contribution is -2.21. The second-order valence-electron chi connectivity index (χ2n) is 4.03. The van der Waals surface area contributed by atoms with E-state index in [0.29, 0.717) is 5.56 Å². The normalized spacial score (nSPS) is 14.2. The van der Waals surface area contributed by atoms with E-state index in [9.17, 15) is 10.2 Å². The van der Waals surface area contributed by atoms with Gasteiger partial charge in [0.2, 0.25) is 0 Å². The lowest BCUT2D eigenvalue weighted by molar-refractivity contribution is -0.0152. The van der Waals surface area contributed by atoms with Crippen LogP contribution >= 0.6 is 0 Å². The number of aromatic nitrogens is 1. The summed E-state index contributed by atoms with van der Waals surface area (Å²) in [5, 5.41) is 27.9. The summed E-state index contributed by atoms with van der Waals surface area (Å²) in [5.41, 5.74) is 2.35. The Hall–Kier alpha value is -1.75. The molecule has 0 aliphatic rings. The third kappa shape index (κ3) is 2.73. The molecular weight excluding hydrogens is 230 g/mol. The Kier molecular flexibility index (Phi) is 4.04. The Morgan fingerprint density at radius 1 is 1.00 bits per heavy atom. The van der Waals surface area contributed by atoms with Gasteiger partial charge in [0.15, 0.2) is 0 Å². The number of aliphatic hydroxyl groups is 3. The first-order chi connectivity index (χ1) is 8.72. The van der Waals surface area contributed by atoms with Gasteiger partial charge in [-0.05, 0) is 17.7 Å². The van der Waals surface area contributed by atoms with Crippen molar-refractivity contribution in [1.29, 1.82) is 0 Å². The Labute approximate surface area is 105 Å². The van der Waals surface area contributed by atoms with Gasteiger partial charge in [-0.15, -0.1) is 0 Å². The van der Waals surface area contributed by atoms with Crippen LogP contribution in [0.1, 0.15) is 11.7 Å². The average Bonchev–Trinajstić information content (AvgIpc) is 2.47. The van der Waals surface area contributed by atoms with Gasteiger partial charge < -0.3 is 15.3 Å². The van der Waals surface area contributed by atoms with Gasteiger partial charge in [0.1, 0.15) is 12.2 Å². The minimum atomic E-state index is -1.16. The van der Waals surface area contributed by atoms with Crippen molar-refractivity contribution in [3.63, 3.8) is 0 Å². The highest BCUT2D eigenvalue weighted by Crippen LogP contribution is 2.21. The van der Waals surface area contributed by atoms with Crippen molar-refractivity contribution in [1.82, 2.24) is 4.98 Å². The lowest BCUT2D eigenvalue weighted by Gasteiger charge is -2.16. The predicted molar refractivity (Wildman–Crippen MR) is 67.7 cm³/mol. The number of pyridine rings is 1. The van der Waals surface area contributed by atoms with Gasteiger partial charge in [-0.2, -0.15) is 0 Å². The monoisotopic (exact) mass is 245 g/mol. The SMILES string of the molecule is OCC(O)C(O)c1ccc(-c2ccccn2)cc1. The third-order valence-corrected chi connectivity index (χ3v) is 2.76. The standard InChI is InChI=1S/C14H15NO3/c16-9-13(17)14(18)11-6-4-10(5-7-11)12-3-1-2-8-15-12/h1-8,13-14,16-18H,9H2. The summed E-state index contributed by atoms with van der Waals surface area (Å²) < 4.78 is 0. The van der Waals surface area contributed by atoms with Crippen LogP contribution in [0.25, 0.3) is 11.3 Å². The molecule has 0 amide bonds. The van der Waals surface area contributed by atoms with Crippen molar-refractivity contribution >= 4 is 0 Å². The zero-order chi connectivity index (χ0) is 13.0. The van der Waals surface area contributed by atoms with Gasteiger partial charge in [-0.3, -0.25) is 4.98 Å². The van der Waals surface area contributed by atoms with Gasteiger partial charge in [-0.1, -0.05) is 30.3 Å². The maximum absolute atomic E-state index is 9.72. The quantitative estimate of drug-likeness (QED) is 0.755. The number of nitrogens with zero attached hydrogens (tertiary/aromatic N) is 1. The van der Waals surface area contributed by atoms with E-state index in [1.165, 1.54) is 0 Å². The molecule has 2 aromatic rings. The summed E-state index contributed by atoms with van der Waals surface area (Å²) in [5.74, 6) is 0. The van der Waals surface area contributed by atoms with E-state index in [-0.39, 0.29) is 0 Å². The molecular formula is C14H15NO3. The number of rotatable bonds is 4. The van der Waals surface area contributed by atoms with E-state index in [1.807, 2.05) is 30.3 Å². The molecule has 1 aromatic carbocycles. The first-order valence-electron chi connectivity index (χ1n) is 5.70. The molecule has 2 unspecified atom stereocenters. The molecule has 2 rings (SSSR count). The molecule has 0 bridgehead atoms. The van der Waals surface area contributed by atoms with Gasteiger partial charge >= 0.3 is 0 Å². The fraction of sp³-hybridized carbons (Fsp3) is 0.214. The zero-order valence-corrected chi connectivity index (χ0v) is 9.77. The van der Waals surface area contributed by atoms with Crippen molar-refractivity contribution < 1.29 is 15.3 Å². The summed E-state index contributed by atoms with van der Waals surface area (Å²) in [6.07, 6.45) is -0.522. The van der Waals surface area contributed by atoms with Crippen LogP contribution in [0.15, 0.2) is 48.7 Å². The highest BCUT2D eigenvalue weighted by molar-refractivity contribution is 5.59. The molecule has 4 nitrogen and oxygen atoms in total. The maximum Gasteiger partial charge on any atom is 0.107 e. The van der Waals surface area contributed by atoms with Crippen molar-refractivity contribution in [3.05, 3.63) is 54.2 Å². The largest absolute Gasteiger partial charge is 0.394 e. The van der Waals surface area contributed by atoms with Crippen LogP contribution in [-0.2, 0) is 0 Å². The van der Waals surface area contributed by atoms with E-state index in [2.05, 4.69) is 4.98 Å². The molecule has 4 heteroatoms. The average molecular weight is 245 g/mol. The first-order valence-corrected chi connectivity index (χ1v) is 5.70. The minimum Gasteiger partial charge on any atom is -0.394 e. The molecule has 0 saturated carbocycles. The van der Waals surface area contributed by atoms with Crippen LogP contribution in [-0.4, -0.2) is 33.0 Å². The molecule has 94 valence electrons. The van der Waals surface area contributed by atoms with Crippen molar-refractivity contribution in [3.8, 4) is 11.3 Å². The second-order valence-corrected chi connectivity index (χ2v) is 4.03. The lowest BCUT2D eigenvalue weighted by atomic mass is 10.0. The van der Waals surface area contributed by atoms with Gasteiger partial charge in [0.05, 0.1) is 12.3 Å². The smallest absolute Gasteiger partial charge is 0.107 e. The minimum absolute atomic E-state index is 0.469. The van der Waals surface area contributed by atoms with Gasteiger partial charge in [-0.25, -0.2) is 0 Å². The molecule has 0 saturated heterocycles. The third-order valence-electron chi connectivity index (χ3n) is 2.76. The first kappa shape index (κ1) is 12.7.